The zero-order valence-corrected chi connectivity index (χ0v) is 20.2. The van der Waals surface area contributed by atoms with Crippen LogP contribution in [0.25, 0.3) is 0 Å². The molecule has 1 fully saturated rings. The predicted molar refractivity (Wildman–Crippen MR) is 144 cm³/mol. The number of carbonyl (C=O) groups is 3. The molecule has 3 rings (SSSR count). The minimum absolute atomic E-state index is 0. The summed E-state index contributed by atoms with van der Waals surface area (Å²) in [6.07, 6.45) is 7.28. The zero-order chi connectivity index (χ0) is 25.8. The number of hydrogen-bond acceptors (Lipinski definition) is 6. The van der Waals surface area contributed by atoms with Crippen molar-refractivity contribution >= 4 is 23.4 Å². The molecule has 1 saturated carbocycles. The van der Waals surface area contributed by atoms with Gasteiger partial charge in [-0.3, -0.25) is 19.6 Å². The maximum Gasteiger partial charge on any atom is 0.267 e. The highest BCUT2D eigenvalue weighted by Crippen LogP contribution is 2.17. The van der Waals surface area contributed by atoms with Crippen LogP contribution in [0.3, 0.4) is 0 Å². The standard InChI is InChI=1S/C27H33N5O4.CH4/c28-17-24(27(35)32-36)31-26(34)21-13-9-19(10-14-21)7-8-20-11-15-23(16-12-20)30-25(33)18-29-22-5-3-1-2-4-6-22;/h9-16,22,24,29,36H,1-6,17-18,28H2,(H,30,33)(H,31,34)(H,32,35);1H4/t24-;/m0./s1. The topological polar surface area (TPSA) is 146 Å². The molecule has 3 amide bonds. The molecule has 0 bridgehead atoms. The van der Waals surface area contributed by atoms with Crippen LogP contribution < -0.4 is 27.2 Å². The van der Waals surface area contributed by atoms with Crippen molar-refractivity contribution in [1.82, 2.24) is 16.1 Å². The van der Waals surface area contributed by atoms with Crippen LogP contribution in [0.5, 0.6) is 0 Å². The third-order valence-corrected chi connectivity index (χ3v) is 6.04. The minimum atomic E-state index is -1.03. The number of carbonyl (C=O) groups excluding carboxylic acids is 3. The summed E-state index contributed by atoms with van der Waals surface area (Å²) < 4.78 is 0. The maximum atomic E-state index is 12.3. The molecule has 1 atom stereocenters. The molecule has 0 unspecified atom stereocenters. The number of hydrogen-bond donors (Lipinski definition) is 6. The van der Waals surface area contributed by atoms with Gasteiger partial charge in [-0.25, -0.2) is 5.48 Å². The van der Waals surface area contributed by atoms with Crippen LogP contribution in [0.2, 0.25) is 0 Å². The van der Waals surface area contributed by atoms with Gasteiger partial charge in [0, 0.05) is 35.0 Å². The summed E-state index contributed by atoms with van der Waals surface area (Å²) in [5.74, 6) is 4.75. The molecule has 1 aliphatic rings. The Kier molecular flexibility index (Phi) is 12.3. The summed E-state index contributed by atoms with van der Waals surface area (Å²) in [5, 5.41) is 17.4. The summed E-state index contributed by atoms with van der Waals surface area (Å²) in [4.78, 5) is 36.0. The fourth-order valence-electron chi connectivity index (χ4n) is 3.96. The van der Waals surface area contributed by atoms with Crippen LogP contribution in [0.1, 0.15) is 67.4 Å². The molecule has 1 aliphatic carbocycles. The first-order valence-corrected chi connectivity index (χ1v) is 12.2. The van der Waals surface area contributed by atoms with E-state index in [1.54, 1.807) is 24.3 Å². The second kappa shape index (κ2) is 15.4. The van der Waals surface area contributed by atoms with Gasteiger partial charge in [0.1, 0.15) is 6.04 Å². The number of nitrogens with one attached hydrogen (secondary N) is 4. The molecule has 0 spiro atoms. The van der Waals surface area contributed by atoms with Gasteiger partial charge in [-0.1, -0.05) is 45.0 Å². The highest BCUT2D eigenvalue weighted by Gasteiger charge is 2.19. The average Bonchev–Trinajstić information content (AvgIpc) is 3.19. The van der Waals surface area contributed by atoms with Crippen molar-refractivity contribution in [1.29, 1.82) is 0 Å². The highest BCUT2D eigenvalue weighted by molar-refractivity contribution is 5.97. The van der Waals surface area contributed by atoms with E-state index in [-0.39, 0.29) is 19.9 Å². The van der Waals surface area contributed by atoms with E-state index in [1.165, 1.54) is 31.2 Å². The first-order chi connectivity index (χ1) is 17.5. The van der Waals surface area contributed by atoms with Gasteiger partial charge >= 0.3 is 0 Å². The van der Waals surface area contributed by atoms with E-state index in [0.717, 1.165) is 18.4 Å². The van der Waals surface area contributed by atoms with Gasteiger partial charge in [-0.15, -0.1) is 0 Å². The van der Waals surface area contributed by atoms with Crippen molar-refractivity contribution in [2.24, 2.45) is 5.73 Å². The number of benzene rings is 2. The molecule has 2 aromatic rings. The molecule has 0 radical (unpaired) electrons. The molecule has 0 heterocycles. The molecule has 0 saturated heterocycles. The Bertz CT molecular complexity index is 1080. The molecular weight excluding hydrogens is 470 g/mol. The fraction of sp³-hybridized carbons (Fsp3) is 0.393. The van der Waals surface area contributed by atoms with Gasteiger partial charge in [-0.05, 0) is 61.4 Å². The molecule has 198 valence electrons. The van der Waals surface area contributed by atoms with E-state index >= 15 is 0 Å². The Balaban J connectivity index is 0.00000481. The van der Waals surface area contributed by atoms with Crippen LogP contribution in [-0.2, 0) is 9.59 Å². The highest BCUT2D eigenvalue weighted by atomic mass is 16.5. The van der Waals surface area contributed by atoms with E-state index in [4.69, 9.17) is 10.9 Å². The van der Waals surface area contributed by atoms with E-state index in [9.17, 15) is 14.4 Å². The van der Waals surface area contributed by atoms with E-state index in [0.29, 0.717) is 29.4 Å². The first kappa shape index (κ1) is 29.5. The summed E-state index contributed by atoms with van der Waals surface area (Å²) in [7, 11) is 0. The normalized spacial score (nSPS) is 14.1. The van der Waals surface area contributed by atoms with Crippen molar-refractivity contribution in [3.8, 4) is 11.8 Å². The zero-order valence-electron chi connectivity index (χ0n) is 20.2. The van der Waals surface area contributed by atoms with Crippen LogP contribution in [0.4, 0.5) is 5.69 Å². The van der Waals surface area contributed by atoms with Crippen molar-refractivity contribution in [3.63, 3.8) is 0 Å². The van der Waals surface area contributed by atoms with Crippen molar-refractivity contribution in [2.45, 2.75) is 58.0 Å². The number of nitrogens with two attached hydrogens (primary N) is 1. The van der Waals surface area contributed by atoms with Crippen molar-refractivity contribution in [2.75, 3.05) is 18.4 Å². The number of rotatable bonds is 8. The molecule has 0 aliphatic heterocycles. The van der Waals surface area contributed by atoms with E-state index in [1.807, 2.05) is 24.3 Å². The van der Waals surface area contributed by atoms with Gasteiger partial charge in [0.25, 0.3) is 11.8 Å². The van der Waals surface area contributed by atoms with Crippen molar-refractivity contribution < 1.29 is 19.6 Å². The van der Waals surface area contributed by atoms with Gasteiger partial charge in [0.2, 0.25) is 5.91 Å². The molecule has 37 heavy (non-hydrogen) atoms. The van der Waals surface area contributed by atoms with Gasteiger partial charge < -0.3 is 21.7 Å². The Morgan fingerprint density at radius 3 is 2.03 bits per heavy atom. The molecule has 9 nitrogen and oxygen atoms in total. The molecule has 7 N–H and O–H groups in total. The maximum absolute atomic E-state index is 12.3. The number of anilines is 1. The molecule has 2 aromatic carbocycles. The average molecular weight is 508 g/mol. The van der Waals surface area contributed by atoms with Gasteiger partial charge in [0.15, 0.2) is 0 Å². The lowest BCUT2D eigenvalue weighted by molar-refractivity contribution is -0.130. The second-order valence-electron chi connectivity index (χ2n) is 8.76. The van der Waals surface area contributed by atoms with Gasteiger partial charge in [0.05, 0.1) is 6.54 Å². The SMILES string of the molecule is C.NC[C@H](NC(=O)c1ccc(C#Cc2ccc(NC(=O)CNC3CCCCCC3)cc2)cc1)C(=O)NO. The lowest BCUT2D eigenvalue weighted by Crippen LogP contribution is -2.50. The van der Waals surface area contributed by atoms with E-state index < -0.39 is 17.9 Å². The largest absolute Gasteiger partial charge is 0.339 e. The molecule has 0 aromatic heterocycles. The third-order valence-electron chi connectivity index (χ3n) is 6.04. The predicted octanol–water partition coefficient (Wildman–Crippen LogP) is 2.54. The first-order valence-electron chi connectivity index (χ1n) is 12.2. The summed E-state index contributed by atoms with van der Waals surface area (Å²) >= 11 is 0. The molecular formula is C28H37N5O4. The molecule has 9 heteroatoms. The summed E-state index contributed by atoms with van der Waals surface area (Å²) in [6, 6.07) is 13.3. The lowest BCUT2D eigenvalue weighted by atomic mass is 10.1. The minimum Gasteiger partial charge on any atom is -0.339 e. The monoisotopic (exact) mass is 507 g/mol. The Morgan fingerprint density at radius 1 is 0.919 bits per heavy atom. The van der Waals surface area contributed by atoms with Crippen LogP contribution in [0, 0.1) is 11.8 Å². The fourth-order valence-corrected chi connectivity index (χ4v) is 3.96. The van der Waals surface area contributed by atoms with Crippen LogP contribution >= 0.6 is 0 Å². The van der Waals surface area contributed by atoms with Crippen LogP contribution in [-0.4, -0.2) is 48.1 Å². The van der Waals surface area contributed by atoms with E-state index in [2.05, 4.69) is 27.8 Å². The summed E-state index contributed by atoms with van der Waals surface area (Å²) in [6.45, 7) is 0.156. The quantitative estimate of drug-likeness (QED) is 0.140. The number of amides is 3. The smallest absolute Gasteiger partial charge is 0.267 e. The Morgan fingerprint density at radius 2 is 1.49 bits per heavy atom. The Hall–Kier alpha value is -3.71. The lowest BCUT2D eigenvalue weighted by Gasteiger charge is -2.15. The summed E-state index contributed by atoms with van der Waals surface area (Å²) in [5.41, 5.74) is 9.46. The number of hydroxylamine groups is 1. The van der Waals surface area contributed by atoms with Crippen LogP contribution in [0.15, 0.2) is 48.5 Å². The van der Waals surface area contributed by atoms with Crippen molar-refractivity contribution in [3.05, 3.63) is 65.2 Å². The second-order valence-corrected chi connectivity index (χ2v) is 8.76. The third kappa shape index (κ3) is 9.69. The Labute approximate surface area is 218 Å². The van der Waals surface area contributed by atoms with Gasteiger partial charge in [-0.2, -0.15) is 0 Å².